The Bertz CT molecular complexity index is 1310. The van der Waals surface area contributed by atoms with Gasteiger partial charge in [-0.3, -0.25) is 4.79 Å². The number of carbonyl (C=O) groups excluding carboxylic acids is 1. The minimum absolute atomic E-state index is 0.104. The van der Waals surface area contributed by atoms with Gasteiger partial charge in [-0.25, -0.2) is 4.98 Å². The van der Waals surface area contributed by atoms with E-state index in [1.807, 2.05) is 71.3 Å². The van der Waals surface area contributed by atoms with E-state index in [-0.39, 0.29) is 19.1 Å². The van der Waals surface area contributed by atoms with Crippen LogP contribution in [-0.2, 0) is 24.4 Å². The van der Waals surface area contributed by atoms with Crippen LogP contribution >= 0.6 is 11.6 Å². The third kappa shape index (κ3) is 4.94. The summed E-state index contributed by atoms with van der Waals surface area (Å²) in [5.74, 6) is 2.57. The molecule has 0 bridgehead atoms. The van der Waals surface area contributed by atoms with E-state index in [9.17, 15) is 4.79 Å². The molecular weight excluding hydrogens is 454 g/mol. The van der Waals surface area contributed by atoms with Crippen molar-refractivity contribution in [1.82, 2.24) is 14.9 Å². The number of amides is 1. The number of nitrogens with one attached hydrogen (secondary N) is 1. The van der Waals surface area contributed by atoms with Crippen molar-refractivity contribution < 1.29 is 19.0 Å². The normalized spacial score (nSPS) is 12.5. The number of imidazole rings is 1. The van der Waals surface area contributed by atoms with Gasteiger partial charge in [0.25, 0.3) is 0 Å². The average Bonchev–Trinajstić information content (AvgIpc) is 3.20. The van der Waals surface area contributed by atoms with Crippen molar-refractivity contribution in [3.8, 4) is 17.2 Å². The van der Waals surface area contributed by atoms with Gasteiger partial charge in [0.15, 0.2) is 11.5 Å². The number of rotatable bonds is 8. The van der Waals surface area contributed by atoms with Gasteiger partial charge in [-0.1, -0.05) is 41.9 Å². The highest BCUT2D eigenvalue weighted by molar-refractivity contribution is 6.32. The molecule has 0 atom stereocenters. The van der Waals surface area contributed by atoms with E-state index >= 15 is 0 Å². The van der Waals surface area contributed by atoms with Gasteiger partial charge in [0.2, 0.25) is 5.91 Å². The van der Waals surface area contributed by atoms with E-state index in [1.165, 1.54) is 0 Å². The van der Waals surface area contributed by atoms with Gasteiger partial charge in [-0.05, 0) is 48.4 Å². The van der Waals surface area contributed by atoms with E-state index in [0.29, 0.717) is 48.5 Å². The highest BCUT2D eigenvalue weighted by Crippen LogP contribution is 2.38. The van der Waals surface area contributed by atoms with Crippen LogP contribution < -0.4 is 19.5 Å². The third-order valence-electron chi connectivity index (χ3n) is 5.54. The van der Waals surface area contributed by atoms with E-state index in [0.717, 1.165) is 22.3 Å². The summed E-state index contributed by atoms with van der Waals surface area (Å²) in [5, 5.41) is 3.51. The first-order chi connectivity index (χ1) is 16.7. The number of aromatic nitrogens is 2. The fraction of sp³-hybridized carbons (Fsp3) is 0.231. The zero-order valence-electron chi connectivity index (χ0n) is 18.5. The van der Waals surface area contributed by atoms with Crippen LogP contribution in [0.15, 0.2) is 66.7 Å². The lowest BCUT2D eigenvalue weighted by atomic mass is 10.1. The molecule has 1 aliphatic rings. The number of carbonyl (C=O) groups is 1. The lowest BCUT2D eigenvalue weighted by Crippen LogP contribution is -2.30. The summed E-state index contributed by atoms with van der Waals surface area (Å²) in [5.41, 5.74) is 2.69. The Kier molecular flexibility index (Phi) is 6.53. The quantitative estimate of drug-likeness (QED) is 0.407. The van der Waals surface area contributed by atoms with Crippen LogP contribution in [0.5, 0.6) is 17.2 Å². The number of ether oxygens (including phenoxy) is 3. The second-order valence-corrected chi connectivity index (χ2v) is 8.31. The Morgan fingerprint density at radius 2 is 1.85 bits per heavy atom. The van der Waals surface area contributed by atoms with Crippen molar-refractivity contribution in [2.75, 3.05) is 19.8 Å². The van der Waals surface area contributed by atoms with E-state index < -0.39 is 0 Å². The van der Waals surface area contributed by atoms with Crippen LogP contribution in [0.25, 0.3) is 11.0 Å². The second kappa shape index (κ2) is 10.1. The van der Waals surface area contributed by atoms with Crippen molar-refractivity contribution >= 4 is 28.5 Å². The number of halogens is 1. The highest BCUT2D eigenvalue weighted by Gasteiger charge is 2.17. The van der Waals surface area contributed by atoms with Gasteiger partial charge in [0, 0.05) is 6.54 Å². The first-order valence-electron chi connectivity index (χ1n) is 11.1. The Morgan fingerprint density at radius 3 is 2.74 bits per heavy atom. The van der Waals surface area contributed by atoms with Crippen LogP contribution in [0.3, 0.4) is 0 Å². The molecule has 34 heavy (non-hydrogen) atoms. The van der Waals surface area contributed by atoms with Gasteiger partial charge in [0.05, 0.1) is 16.1 Å². The standard InChI is InChI=1S/C26H24ClN3O4/c27-20-14-18(15-23-26(20)33-13-12-32-23)10-11-28-25(31)16-30-22-9-5-4-8-21(22)29-24(30)17-34-19-6-2-1-3-7-19/h1-9,14-15H,10-13,16-17H2,(H,28,31). The fourth-order valence-electron chi connectivity index (χ4n) is 3.93. The van der Waals surface area contributed by atoms with Crippen LogP contribution in [0.4, 0.5) is 0 Å². The van der Waals surface area contributed by atoms with E-state index in [4.69, 9.17) is 25.8 Å². The van der Waals surface area contributed by atoms with Crippen molar-refractivity contribution in [2.45, 2.75) is 19.6 Å². The van der Waals surface area contributed by atoms with Crippen LogP contribution in [0.1, 0.15) is 11.4 Å². The van der Waals surface area contributed by atoms with Crippen molar-refractivity contribution in [3.63, 3.8) is 0 Å². The molecule has 7 nitrogen and oxygen atoms in total. The average molecular weight is 478 g/mol. The number of hydrogen-bond donors (Lipinski definition) is 1. The molecule has 8 heteroatoms. The number of para-hydroxylation sites is 3. The molecule has 1 N–H and O–H groups in total. The predicted octanol–water partition coefficient (Wildman–Crippen LogP) is 4.40. The lowest BCUT2D eigenvalue weighted by Gasteiger charge is -2.20. The summed E-state index contributed by atoms with van der Waals surface area (Å²) < 4.78 is 19.0. The van der Waals surface area contributed by atoms with Gasteiger partial charge < -0.3 is 24.1 Å². The fourth-order valence-corrected chi connectivity index (χ4v) is 4.22. The summed E-state index contributed by atoms with van der Waals surface area (Å²) >= 11 is 6.32. The molecule has 0 saturated heterocycles. The number of nitrogens with zero attached hydrogens (tertiary/aromatic N) is 2. The summed E-state index contributed by atoms with van der Waals surface area (Å²) in [6, 6.07) is 21.1. The summed E-state index contributed by atoms with van der Waals surface area (Å²) in [4.78, 5) is 17.5. The molecule has 1 aliphatic heterocycles. The molecule has 0 fully saturated rings. The van der Waals surface area contributed by atoms with E-state index in [2.05, 4.69) is 10.3 Å². The monoisotopic (exact) mass is 477 g/mol. The van der Waals surface area contributed by atoms with Crippen molar-refractivity contribution in [1.29, 1.82) is 0 Å². The van der Waals surface area contributed by atoms with Crippen molar-refractivity contribution in [2.24, 2.45) is 0 Å². The zero-order chi connectivity index (χ0) is 23.3. The molecule has 0 unspecified atom stereocenters. The summed E-state index contributed by atoms with van der Waals surface area (Å²) in [6.07, 6.45) is 0.622. The van der Waals surface area contributed by atoms with E-state index in [1.54, 1.807) is 0 Å². The SMILES string of the molecule is O=C(Cn1c(COc2ccccc2)nc2ccccc21)NCCc1cc(Cl)c2c(c1)OCCO2. The topological polar surface area (TPSA) is 74.6 Å². The first-order valence-corrected chi connectivity index (χ1v) is 11.5. The molecule has 0 radical (unpaired) electrons. The lowest BCUT2D eigenvalue weighted by molar-refractivity contribution is -0.121. The molecular formula is C26H24ClN3O4. The molecule has 0 aliphatic carbocycles. The van der Waals surface area contributed by atoms with Gasteiger partial charge in [-0.2, -0.15) is 0 Å². The second-order valence-electron chi connectivity index (χ2n) is 7.91. The Balaban J connectivity index is 1.24. The molecule has 5 rings (SSSR count). The maximum Gasteiger partial charge on any atom is 0.240 e. The number of fused-ring (bicyclic) bond motifs is 2. The molecule has 174 valence electrons. The van der Waals surface area contributed by atoms with Crippen LogP contribution in [0, 0.1) is 0 Å². The summed E-state index contributed by atoms with van der Waals surface area (Å²) in [6.45, 7) is 1.87. The Morgan fingerprint density at radius 1 is 1.06 bits per heavy atom. The molecule has 0 spiro atoms. The third-order valence-corrected chi connectivity index (χ3v) is 5.82. The molecule has 1 amide bonds. The summed E-state index contributed by atoms with van der Waals surface area (Å²) in [7, 11) is 0. The first kappa shape index (κ1) is 22.1. The molecule has 4 aromatic rings. The Labute approximate surface area is 202 Å². The Hall–Kier alpha value is -3.71. The van der Waals surface area contributed by atoms with Gasteiger partial charge >= 0.3 is 0 Å². The number of benzene rings is 3. The molecule has 3 aromatic carbocycles. The number of hydrogen-bond acceptors (Lipinski definition) is 5. The van der Waals surface area contributed by atoms with Crippen LogP contribution in [0.2, 0.25) is 5.02 Å². The van der Waals surface area contributed by atoms with Crippen LogP contribution in [-0.4, -0.2) is 35.2 Å². The largest absolute Gasteiger partial charge is 0.486 e. The zero-order valence-corrected chi connectivity index (χ0v) is 19.3. The maximum atomic E-state index is 12.8. The van der Waals surface area contributed by atoms with Crippen molar-refractivity contribution in [3.05, 3.63) is 83.1 Å². The van der Waals surface area contributed by atoms with Gasteiger partial charge in [-0.15, -0.1) is 0 Å². The highest BCUT2D eigenvalue weighted by atomic mass is 35.5. The maximum absolute atomic E-state index is 12.8. The smallest absolute Gasteiger partial charge is 0.240 e. The minimum atomic E-state index is -0.104. The molecule has 0 saturated carbocycles. The molecule has 1 aromatic heterocycles. The molecule has 2 heterocycles. The predicted molar refractivity (Wildman–Crippen MR) is 130 cm³/mol. The van der Waals surface area contributed by atoms with Gasteiger partial charge in [0.1, 0.15) is 37.9 Å². The minimum Gasteiger partial charge on any atom is -0.486 e.